The molecular weight excluding hydrogens is 240 g/mol. The van der Waals surface area contributed by atoms with Crippen LogP contribution in [0.15, 0.2) is 12.3 Å². The lowest BCUT2D eigenvalue weighted by Crippen LogP contribution is -2.18. The molecule has 2 heterocycles. The summed E-state index contributed by atoms with van der Waals surface area (Å²) in [5.41, 5.74) is 1.34. The summed E-state index contributed by atoms with van der Waals surface area (Å²) >= 11 is 6.03. The van der Waals surface area contributed by atoms with Gasteiger partial charge in [0.05, 0.1) is 12.2 Å². The number of cyclic esters (lactones) is 1. The summed E-state index contributed by atoms with van der Waals surface area (Å²) in [4.78, 5) is 15.9. The molecule has 0 aliphatic carbocycles. The molecule has 0 saturated heterocycles. The fraction of sp³-hybridized carbons (Fsp3) is 0.500. The first-order valence-corrected chi connectivity index (χ1v) is 6.18. The smallest absolute Gasteiger partial charge is 0.338 e. The summed E-state index contributed by atoms with van der Waals surface area (Å²) in [7, 11) is 0. The number of fused-ring (bicyclic) bond motifs is 1. The number of hydrogen-bond acceptors (Lipinski definition) is 4. The predicted octanol–water partition coefficient (Wildman–Crippen LogP) is 1.82. The van der Waals surface area contributed by atoms with Gasteiger partial charge in [0.25, 0.3) is 0 Å². The quantitative estimate of drug-likeness (QED) is 0.567. The Kier molecular flexibility index (Phi) is 4.34. The van der Waals surface area contributed by atoms with Crippen LogP contribution in [0, 0.1) is 0 Å². The predicted molar refractivity (Wildman–Crippen MR) is 65.3 cm³/mol. The largest absolute Gasteiger partial charge is 0.462 e. The third-order valence-electron chi connectivity index (χ3n) is 2.73. The van der Waals surface area contributed by atoms with Gasteiger partial charge >= 0.3 is 5.97 Å². The standard InChI is InChI=1S/C12H15ClN2O2/c13-11-9-3-1-5-14-6-2-8-17-12(16)10(9)4-7-15-11/h4,7,14H,1-3,5-6,8H2. The topological polar surface area (TPSA) is 51.2 Å². The Morgan fingerprint density at radius 2 is 2.18 bits per heavy atom. The maximum atomic E-state index is 11.9. The first-order valence-electron chi connectivity index (χ1n) is 5.80. The highest BCUT2D eigenvalue weighted by molar-refractivity contribution is 6.30. The Balaban J connectivity index is 2.26. The molecule has 1 aliphatic heterocycles. The SMILES string of the molecule is O=C1OCCCNCCCc2c1ccnc2Cl. The minimum Gasteiger partial charge on any atom is -0.462 e. The molecule has 1 aliphatic rings. The highest BCUT2D eigenvalue weighted by atomic mass is 35.5. The van der Waals surface area contributed by atoms with Crippen molar-refractivity contribution in [2.45, 2.75) is 19.3 Å². The van der Waals surface area contributed by atoms with Crippen LogP contribution in [0.3, 0.4) is 0 Å². The maximum Gasteiger partial charge on any atom is 0.338 e. The van der Waals surface area contributed by atoms with Gasteiger partial charge in [0.1, 0.15) is 5.15 Å². The van der Waals surface area contributed by atoms with Gasteiger partial charge in [-0.05, 0) is 38.4 Å². The van der Waals surface area contributed by atoms with Gasteiger partial charge < -0.3 is 10.1 Å². The van der Waals surface area contributed by atoms with Crippen molar-refractivity contribution in [1.82, 2.24) is 10.3 Å². The van der Waals surface area contributed by atoms with Crippen molar-refractivity contribution in [2.24, 2.45) is 0 Å². The molecule has 1 N–H and O–H groups in total. The third kappa shape index (κ3) is 3.17. The number of esters is 1. The van der Waals surface area contributed by atoms with E-state index in [1.165, 1.54) is 0 Å². The van der Waals surface area contributed by atoms with Crippen molar-refractivity contribution in [3.63, 3.8) is 0 Å². The molecule has 17 heavy (non-hydrogen) atoms. The Hall–Kier alpha value is -1.13. The molecule has 0 atom stereocenters. The van der Waals surface area contributed by atoms with Crippen molar-refractivity contribution in [2.75, 3.05) is 19.7 Å². The van der Waals surface area contributed by atoms with E-state index < -0.39 is 0 Å². The first kappa shape index (κ1) is 12.3. The van der Waals surface area contributed by atoms with Gasteiger partial charge in [0, 0.05) is 11.8 Å². The Bertz CT molecular complexity index is 409. The van der Waals surface area contributed by atoms with Gasteiger partial charge in [0.15, 0.2) is 0 Å². The van der Waals surface area contributed by atoms with Gasteiger partial charge in [-0.2, -0.15) is 0 Å². The van der Waals surface area contributed by atoms with Gasteiger partial charge in [0.2, 0.25) is 0 Å². The average Bonchev–Trinajstić information content (AvgIpc) is 2.36. The van der Waals surface area contributed by atoms with E-state index in [9.17, 15) is 4.79 Å². The van der Waals surface area contributed by atoms with Crippen LogP contribution in [0.1, 0.15) is 28.8 Å². The second kappa shape index (κ2) is 5.98. The lowest BCUT2D eigenvalue weighted by molar-refractivity contribution is 0.0500. The van der Waals surface area contributed by atoms with Gasteiger partial charge in [-0.25, -0.2) is 9.78 Å². The number of hydrogen-bond donors (Lipinski definition) is 1. The first-order chi connectivity index (χ1) is 8.29. The van der Waals surface area contributed by atoms with Crippen LogP contribution in [-0.2, 0) is 11.2 Å². The molecule has 92 valence electrons. The minimum absolute atomic E-state index is 0.300. The number of carbonyl (C=O) groups is 1. The second-order valence-corrected chi connectivity index (χ2v) is 4.33. The molecule has 0 amide bonds. The van der Waals surface area contributed by atoms with Crippen molar-refractivity contribution >= 4 is 17.6 Å². The highest BCUT2D eigenvalue weighted by Crippen LogP contribution is 2.20. The van der Waals surface area contributed by atoms with E-state index in [4.69, 9.17) is 16.3 Å². The summed E-state index contributed by atoms with van der Waals surface area (Å²) in [6.45, 7) is 2.22. The lowest BCUT2D eigenvalue weighted by atomic mass is 10.1. The Morgan fingerprint density at radius 1 is 1.35 bits per heavy atom. The van der Waals surface area contributed by atoms with E-state index >= 15 is 0 Å². The molecule has 1 aromatic rings. The van der Waals surface area contributed by atoms with Crippen LogP contribution in [0.25, 0.3) is 0 Å². The van der Waals surface area contributed by atoms with Crippen LogP contribution in [0.2, 0.25) is 5.15 Å². The number of carbonyl (C=O) groups excluding carboxylic acids is 1. The van der Waals surface area contributed by atoms with Crippen molar-refractivity contribution in [3.05, 3.63) is 28.5 Å². The fourth-order valence-electron chi connectivity index (χ4n) is 1.85. The van der Waals surface area contributed by atoms with E-state index in [-0.39, 0.29) is 5.97 Å². The molecule has 0 spiro atoms. The van der Waals surface area contributed by atoms with Crippen molar-refractivity contribution in [3.8, 4) is 0 Å². The maximum absolute atomic E-state index is 11.9. The summed E-state index contributed by atoms with van der Waals surface area (Å²) in [5, 5.41) is 3.69. The summed E-state index contributed by atoms with van der Waals surface area (Å²) in [6, 6.07) is 1.68. The number of ether oxygens (including phenoxy) is 1. The minimum atomic E-state index is -0.300. The summed E-state index contributed by atoms with van der Waals surface area (Å²) in [6.07, 6.45) is 4.05. The van der Waals surface area contributed by atoms with Crippen LogP contribution < -0.4 is 5.32 Å². The fourth-order valence-corrected chi connectivity index (χ4v) is 2.10. The Labute approximate surface area is 105 Å². The number of aromatic nitrogens is 1. The number of nitrogens with zero attached hydrogens (tertiary/aromatic N) is 1. The zero-order valence-corrected chi connectivity index (χ0v) is 10.3. The monoisotopic (exact) mass is 254 g/mol. The van der Waals surface area contributed by atoms with Gasteiger partial charge in [-0.1, -0.05) is 11.6 Å². The highest BCUT2D eigenvalue weighted by Gasteiger charge is 2.16. The molecule has 4 nitrogen and oxygen atoms in total. The molecule has 1 aromatic heterocycles. The Morgan fingerprint density at radius 3 is 3.06 bits per heavy atom. The zero-order valence-electron chi connectivity index (χ0n) is 9.54. The van der Waals surface area contributed by atoms with E-state index in [1.807, 2.05) is 0 Å². The van der Waals surface area contributed by atoms with Crippen LogP contribution >= 0.6 is 11.6 Å². The number of nitrogens with one attached hydrogen (secondary N) is 1. The summed E-state index contributed by atoms with van der Waals surface area (Å²) in [5.74, 6) is -0.300. The average molecular weight is 255 g/mol. The molecule has 0 saturated carbocycles. The van der Waals surface area contributed by atoms with E-state index in [2.05, 4.69) is 10.3 Å². The van der Waals surface area contributed by atoms with Crippen LogP contribution in [-0.4, -0.2) is 30.6 Å². The molecule has 2 rings (SSSR count). The van der Waals surface area contributed by atoms with Crippen LogP contribution in [0.5, 0.6) is 0 Å². The van der Waals surface area contributed by atoms with Crippen LogP contribution in [0.4, 0.5) is 0 Å². The number of pyridine rings is 1. The molecule has 5 heteroatoms. The molecule has 0 bridgehead atoms. The van der Waals surface area contributed by atoms with Crippen molar-refractivity contribution < 1.29 is 9.53 Å². The van der Waals surface area contributed by atoms with E-state index in [1.54, 1.807) is 12.3 Å². The molecule has 0 aromatic carbocycles. The molecular formula is C12H15ClN2O2. The molecule has 0 radical (unpaired) electrons. The lowest BCUT2D eigenvalue weighted by Gasteiger charge is -2.09. The second-order valence-electron chi connectivity index (χ2n) is 3.97. The summed E-state index contributed by atoms with van der Waals surface area (Å²) < 4.78 is 5.19. The molecule has 0 fully saturated rings. The van der Waals surface area contributed by atoms with Crippen molar-refractivity contribution in [1.29, 1.82) is 0 Å². The third-order valence-corrected chi connectivity index (χ3v) is 3.06. The normalized spacial score (nSPS) is 17.8. The zero-order chi connectivity index (χ0) is 12.1. The van der Waals surface area contributed by atoms with Gasteiger partial charge in [-0.3, -0.25) is 0 Å². The van der Waals surface area contributed by atoms with Gasteiger partial charge in [-0.15, -0.1) is 0 Å². The van der Waals surface area contributed by atoms with E-state index in [0.29, 0.717) is 17.3 Å². The number of rotatable bonds is 0. The molecule has 0 unspecified atom stereocenters. The van der Waals surface area contributed by atoms with E-state index in [0.717, 1.165) is 37.9 Å². The number of halogens is 1.